The number of aliphatic carboxylic acids is 1. The molecule has 1 aliphatic carbocycles. The highest BCUT2D eigenvalue weighted by molar-refractivity contribution is 5.89. The number of alkyl carbamates (subject to hydrolysis) is 1. The lowest BCUT2D eigenvalue weighted by molar-refractivity contribution is -0.145. The Morgan fingerprint density at radius 2 is 1.48 bits per heavy atom. The number of hydrogen-bond donors (Lipinski definition) is 4. The Balaban J connectivity index is 1.69. The molecule has 4 N–H and O–H groups in total. The van der Waals surface area contributed by atoms with Crippen LogP contribution in [0.3, 0.4) is 0 Å². The van der Waals surface area contributed by atoms with Gasteiger partial charge in [-0.25, -0.2) is 9.59 Å². The van der Waals surface area contributed by atoms with Gasteiger partial charge in [0.25, 0.3) is 0 Å². The lowest BCUT2D eigenvalue weighted by atomic mass is 9.97. The molecular weight excluding hydrogens is 424 g/mol. The lowest BCUT2D eigenvalue weighted by Gasteiger charge is -2.26. The molecule has 0 bridgehead atoms. The molecule has 0 saturated heterocycles. The second kappa shape index (κ2) is 10.5. The quantitative estimate of drug-likeness (QED) is 0.462. The van der Waals surface area contributed by atoms with E-state index < -0.39 is 36.2 Å². The molecule has 176 valence electrons. The van der Waals surface area contributed by atoms with Gasteiger partial charge in [0.2, 0.25) is 5.91 Å². The van der Waals surface area contributed by atoms with Crippen LogP contribution in [0, 0.1) is 5.92 Å². The summed E-state index contributed by atoms with van der Waals surface area (Å²) in [5.41, 5.74) is 4.36. The molecule has 3 unspecified atom stereocenters. The first kappa shape index (κ1) is 24.3. The van der Waals surface area contributed by atoms with E-state index in [0.29, 0.717) is 6.42 Å². The Labute approximate surface area is 193 Å². The molecule has 0 spiro atoms. The summed E-state index contributed by atoms with van der Waals surface area (Å²) in [6, 6.07) is 13.5. The summed E-state index contributed by atoms with van der Waals surface area (Å²) in [4.78, 5) is 36.7. The highest BCUT2D eigenvalue weighted by Gasteiger charge is 2.33. The van der Waals surface area contributed by atoms with Gasteiger partial charge >= 0.3 is 12.1 Å². The minimum atomic E-state index is -1.48. The summed E-state index contributed by atoms with van der Waals surface area (Å²) in [7, 11) is 0. The number of hydrogen-bond acceptors (Lipinski definition) is 5. The Kier molecular flexibility index (Phi) is 7.71. The summed E-state index contributed by atoms with van der Waals surface area (Å²) in [6.45, 7) is 5.00. The molecule has 1 aliphatic rings. The average molecular weight is 455 g/mol. The van der Waals surface area contributed by atoms with Crippen LogP contribution in [0.4, 0.5) is 4.79 Å². The maximum Gasteiger partial charge on any atom is 0.407 e. The molecule has 2 aromatic carbocycles. The standard InChI is InChI=1S/C25H30N2O6/c1-4-14(2)21(23(29)26-22(15(3)28)24(30)31)27-25(32)33-13-20-18-11-7-5-9-16(18)17-10-6-8-12-19(17)20/h5-12,14-15,20-22,28H,4,13H2,1-3H3,(H,26,29)(H,27,32)(H,30,31)/t14?,15?,21-,22?/m0/s1. The van der Waals surface area contributed by atoms with Crippen LogP contribution in [0.1, 0.15) is 44.2 Å². The van der Waals surface area contributed by atoms with E-state index in [1.165, 1.54) is 6.92 Å². The second-order valence-corrected chi connectivity index (χ2v) is 8.40. The Morgan fingerprint density at radius 3 is 1.97 bits per heavy atom. The third-order valence-corrected chi connectivity index (χ3v) is 6.16. The summed E-state index contributed by atoms with van der Waals surface area (Å²) >= 11 is 0. The van der Waals surface area contributed by atoms with Gasteiger partial charge in [-0.1, -0.05) is 68.8 Å². The third-order valence-electron chi connectivity index (χ3n) is 6.16. The number of amides is 2. The number of ether oxygens (including phenoxy) is 1. The van der Waals surface area contributed by atoms with Crippen molar-refractivity contribution in [2.24, 2.45) is 5.92 Å². The zero-order chi connectivity index (χ0) is 24.1. The van der Waals surface area contributed by atoms with Crippen molar-refractivity contribution >= 4 is 18.0 Å². The fourth-order valence-corrected chi connectivity index (χ4v) is 4.10. The normalized spacial score (nSPS) is 16.0. The van der Waals surface area contributed by atoms with E-state index in [4.69, 9.17) is 4.74 Å². The Morgan fingerprint density at radius 1 is 0.939 bits per heavy atom. The smallest absolute Gasteiger partial charge is 0.407 e. The van der Waals surface area contributed by atoms with Crippen LogP contribution in [-0.4, -0.2) is 53.0 Å². The van der Waals surface area contributed by atoms with Crippen molar-refractivity contribution in [1.82, 2.24) is 10.6 Å². The molecule has 4 atom stereocenters. The van der Waals surface area contributed by atoms with Crippen molar-refractivity contribution in [3.63, 3.8) is 0 Å². The van der Waals surface area contributed by atoms with Crippen molar-refractivity contribution in [3.8, 4) is 11.1 Å². The maximum absolute atomic E-state index is 12.7. The van der Waals surface area contributed by atoms with E-state index in [-0.39, 0.29) is 18.4 Å². The van der Waals surface area contributed by atoms with Crippen molar-refractivity contribution < 1.29 is 29.3 Å². The third kappa shape index (κ3) is 5.34. The van der Waals surface area contributed by atoms with Crippen molar-refractivity contribution in [1.29, 1.82) is 0 Å². The molecule has 8 nitrogen and oxygen atoms in total. The van der Waals surface area contributed by atoms with Crippen LogP contribution in [0.2, 0.25) is 0 Å². The average Bonchev–Trinajstić information content (AvgIpc) is 3.12. The largest absolute Gasteiger partial charge is 0.480 e. The van der Waals surface area contributed by atoms with Crippen LogP contribution in [0.15, 0.2) is 48.5 Å². The SMILES string of the molecule is CCC(C)[C@H](NC(=O)OCC1c2ccccc2-c2ccccc21)C(=O)NC(C(=O)O)C(C)O. The predicted molar refractivity (Wildman–Crippen MR) is 123 cm³/mol. The number of nitrogens with one attached hydrogen (secondary N) is 2. The number of rotatable bonds is 9. The first-order valence-electron chi connectivity index (χ1n) is 11.1. The number of carboxylic acids is 1. The van der Waals surface area contributed by atoms with E-state index in [9.17, 15) is 24.6 Å². The zero-order valence-electron chi connectivity index (χ0n) is 18.9. The van der Waals surface area contributed by atoms with Gasteiger partial charge in [0.15, 0.2) is 6.04 Å². The topological polar surface area (TPSA) is 125 Å². The van der Waals surface area contributed by atoms with Crippen molar-refractivity contribution in [2.75, 3.05) is 6.61 Å². The van der Waals surface area contributed by atoms with Crippen LogP contribution in [-0.2, 0) is 14.3 Å². The minimum absolute atomic E-state index is 0.0974. The first-order valence-corrected chi connectivity index (χ1v) is 11.1. The van der Waals surface area contributed by atoms with E-state index in [1.54, 1.807) is 6.92 Å². The van der Waals surface area contributed by atoms with Gasteiger partial charge in [-0.05, 0) is 35.1 Å². The van der Waals surface area contributed by atoms with Gasteiger partial charge in [0, 0.05) is 5.92 Å². The molecule has 2 aromatic rings. The number of aliphatic hydroxyl groups is 1. The minimum Gasteiger partial charge on any atom is -0.480 e. The maximum atomic E-state index is 12.7. The molecule has 3 rings (SSSR count). The van der Waals surface area contributed by atoms with Gasteiger partial charge in [-0.3, -0.25) is 4.79 Å². The molecular formula is C25H30N2O6. The van der Waals surface area contributed by atoms with E-state index >= 15 is 0 Å². The molecule has 0 aliphatic heterocycles. The number of aliphatic hydroxyl groups excluding tert-OH is 1. The predicted octanol–water partition coefficient (Wildman–Crippen LogP) is 2.89. The van der Waals surface area contributed by atoms with Crippen molar-refractivity contribution in [3.05, 3.63) is 59.7 Å². The summed E-state index contributed by atoms with van der Waals surface area (Å²) in [5.74, 6) is -2.45. The molecule has 8 heteroatoms. The first-order chi connectivity index (χ1) is 15.7. The summed E-state index contributed by atoms with van der Waals surface area (Å²) < 4.78 is 5.52. The monoisotopic (exact) mass is 454 g/mol. The van der Waals surface area contributed by atoms with Crippen LogP contribution in [0.5, 0.6) is 0 Å². The van der Waals surface area contributed by atoms with Crippen LogP contribution in [0.25, 0.3) is 11.1 Å². The molecule has 0 heterocycles. The number of benzene rings is 2. The highest BCUT2D eigenvalue weighted by atomic mass is 16.5. The van der Waals surface area contributed by atoms with Crippen LogP contribution >= 0.6 is 0 Å². The van der Waals surface area contributed by atoms with Crippen molar-refractivity contribution in [2.45, 2.75) is 51.3 Å². The zero-order valence-corrected chi connectivity index (χ0v) is 18.9. The number of carboxylic acid groups (broad SMARTS) is 1. The molecule has 2 amide bonds. The molecule has 0 fully saturated rings. The number of carbonyl (C=O) groups is 3. The van der Waals surface area contributed by atoms with Crippen LogP contribution < -0.4 is 10.6 Å². The summed E-state index contributed by atoms with van der Waals surface area (Å²) in [5, 5.41) is 23.8. The van der Waals surface area contributed by atoms with Gasteiger partial charge in [-0.15, -0.1) is 0 Å². The molecule has 33 heavy (non-hydrogen) atoms. The second-order valence-electron chi connectivity index (χ2n) is 8.40. The molecule has 0 aromatic heterocycles. The molecule has 0 radical (unpaired) electrons. The molecule has 0 saturated carbocycles. The fraction of sp³-hybridized carbons (Fsp3) is 0.400. The number of fused-ring (bicyclic) bond motifs is 3. The highest BCUT2D eigenvalue weighted by Crippen LogP contribution is 2.44. The lowest BCUT2D eigenvalue weighted by Crippen LogP contribution is -2.56. The van der Waals surface area contributed by atoms with Gasteiger partial charge in [0.1, 0.15) is 12.6 Å². The van der Waals surface area contributed by atoms with E-state index in [0.717, 1.165) is 22.3 Å². The number of carbonyl (C=O) groups excluding carboxylic acids is 2. The Bertz CT molecular complexity index is 976. The van der Waals surface area contributed by atoms with Gasteiger partial charge in [0.05, 0.1) is 6.10 Å². The van der Waals surface area contributed by atoms with Gasteiger partial charge < -0.3 is 25.6 Å². The van der Waals surface area contributed by atoms with E-state index in [2.05, 4.69) is 10.6 Å². The summed E-state index contributed by atoms with van der Waals surface area (Å²) in [6.07, 6.45) is -1.49. The van der Waals surface area contributed by atoms with Gasteiger partial charge in [-0.2, -0.15) is 0 Å². The fourth-order valence-electron chi connectivity index (χ4n) is 4.10. The van der Waals surface area contributed by atoms with E-state index in [1.807, 2.05) is 55.5 Å². The Hall–Kier alpha value is -3.39.